The summed E-state index contributed by atoms with van der Waals surface area (Å²) in [6.45, 7) is 9.65. The van der Waals surface area contributed by atoms with Gasteiger partial charge in [0.1, 0.15) is 19.3 Å². The topological polar surface area (TPSA) is 237 Å². The standard InChI is InChI=1S/C83H162O17P2/c1-7-9-11-13-15-16-17-18-19-20-21-25-28-31-37-42-48-54-60-66-81(86)94-72-79(100-83(88)67-61-55-49-43-38-32-29-26-23-22-24-27-30-35-40-46-51-57-63-75(3)4)74-98-102(91,92)96-70-77(84)69-95-101(89,90)97-73-78(71-93-80(85)65-59-53-45-14-12-10-8-2)99-82(87)68-62-56-50-44-39-34-33-36-41-47-52-58-64-76(5)6/h75-79,84H,7-74H2,1-6H3,(H,89,90)(H,91,92)/t77-,78+,79+/m0/s1. The largest absolute Gasteiger partial charge is 0.472 e. The summed E-state index contributed by atoms with van der Waals surface area (Å²) in [7, 11) is -9.92. The molecule has 0 radical (unpaired) electrons. The number of hydrogen-bond donors (Lipinski definition) is 3. The van der Waals surface area contributed by atoms with Gasteiger partial charge in [0.2, 0.25) is 0 Å². The van der Waals surface area contributed by atoms with Crippen LogP contribution >= 0.6 is 15.6 Å². The smallest absolute Gasteiger partial charge is 0.462 e. The highest BCUT2D eigenvalue weighted by Gasteiger charge is 2.30. The van der Waals surface area contributed by atoms with E-state index in [-0.39, 0.29) is 25.7 Å². The molecule has 0 saturated heterocycles. The second-order valence-corrected chi connectivity index (χ2v) is 33.7. The number of aliphatic hydroxyl groups is 1. The molecule has 3 N–H and O–H groups in total. The van der Waals surface area contributed by atoms with Crippen LogP contribution in [0.4, 0.5) is 0 Å². The summed E-state index contributed by atoms with van der Waals surface area (Å²) in [4.78, 5) is 72.9. The van der Waals surface area contributed by atoms with Crippen LogP contribution < -0.4 is 0 Å². The molecular formula is C83H162O17P2. The van der Waals surface area contributed by atoms with E-state index in [9.17, 15) is 43.2 Å². The quantitative estimate of drug-likeness (QED) is 0.0222. The number of esters is 4. The van der Waals surface area contributed by atoms with Gasteiger partial charge in [0.05, 0.1) is 26.4 Å². The van der Waals surface area contributed by atoms with E-state index in [1.54, 1.807) is 0 Å². The number of ether oxygens (including phenoxy) is 4. The molecule has 2 unspecified atom stereocenters. The molecule has 0 saturated carbocycles. The van der Waals surface area contributed by atoms with Gasteiger partial charge in [-0.2, -0.15) is 0 Å². The van der Waals surface area contributed by atoms with Gasteiger partial charge in [-0.1, -0.05) is 388 Å². The molecule has 0 amide bonds. The summed E-state index contributed by atoms with van der Waals surface area (Å²) >= 11 is 0. The first-order valence-electron chi connectivity index (χ1n) is 43.0. The lowest BCUT2D eigenvalue weighted by Crippen LogP contribution is -2.30. The van der Waals surface area contributed by atoms with Crippen molar-refractivity contribution in [2.24, 2.45) is 11.8 Å². The Morgan fingerprint density at radius 1 is 0.265 bits per heavy atom. The summed E-state index contributed by atoms with van der Waals surface area (Å²) in [6, 6.07) is 0. The van der Waals surface area contributed by atoms with Crippen LogP contribution in [0.3, 0.4) is 0 Å². The van der Waals surface area contributed by atoms with Gasteiger partial charge in [-0.3, -0.25) is 37.3 Å². The molecule has 0 fully saturated rings. The second kappa shape index (κ2) is 74.5. The van der Waals surface area contributed by atoms with Crippen LogP contribution in [0.1, 0.15) is 440 Å². The maximum absolute atomic E-state index is 13.1. The van der Waals surface area contributed by atoms with E-state index in [4.69, 9.17) is 37.0 Å². The van der Waals surface area contributed by atoms with Crippen molar-refractivity contribution in [2.45, 2.75) is 458 Å². The zero-order valence-corrected chi connectivity index (χ0v) is 68.7. The number of rotatable bonds is 82. The highest BCUT2D eigenvalue weighted by Crippen LogP contribution is 2.45. The fourth-order valence-corrected chi connectivity index (χ4v) is 14.5. The Morgan fingerprint density at radius 3 is 0.667 bits per heavy atom. The Hall–Kier alpha value is -1.94. The van der Waals surface area contributed by atoms with Gasteiger partial charge in [-0.25, -0.2) is 9.13 Å². The third-order valence-corrected chi connectivity index (χ3v) is 21.4. The second-order valence-electron chi connectivity index (χ2n) is 30.8. The van der Waals surface area contributed by atoms with E-state index in [2.05, 4.69) is 41.5 Å². The lowest BCUT2D eigenvalue weighted by Gasteiger charge is -2.21. The van der Waals surface area contributed by atoms with Crippen molar-refractivity contribution in [1.29, 1.82) is 0 Å². The molecule has 5 atom stereocenters. The van der Waals surface area contributed by atoms with Crippen LogP contribution in [0.15, 0.2) is 0 Å². The summed E-state index contributed by atoms with van der Waals surface area (Å²) in [5.74, 6) is -0.514. The molecule has 0 aromatic heterocycles. The van der Waals surface area contributed by atoms with Gasteiger partial charge in [0, 0.05) is 25.7 Å². The first-order chi connectivity index (χ1) is 49.4. The minimum absolute atomic E-state index is 0.107. The number of unbranched alkanes of at least 4 members (excludes halogenated alkanes) is 52. The Labute approximate surface area is 626 Å². The highest BCUT2D eigenvalue weighted by molar-refractivity contribution is 7.47. The molecule has 0 aromatic rings. The fourth-order valence-electron chi connectivity index (χ4n) is 12.9. The maximum Gasteiger partial charge on any atom is 0.472 e. The molecule has 0 heterocycles. The van der Waals surface area contributed by atoms with Crippen molar-refractivity contribution in [2.75, 3.05) is 39.6 Å². The van der Waals surface area contributed by atoms with Crippen LogP contribution in [-0.2, 0) is 65.4 Å². The third-order valence-electron chi connectivity index (χ3n) is 19.5. The Bertz CT molecular complexity index is 1960. The van der Waals surface area contributed by atoms with Crippen molar-refractivity contribution in [3.05, 3.63) is 0 Å². The summed E-state index contributed by atoms with van der Waals surface area (Å²) < 4.78 is 68.7. The molecule has 19 heteroatoms. The number of hydrogen-bond acceptors (Lipinski definition) is 15. The van der Waals surface area contributed by atoms with Crippen molar-refractivity contribution in [1.82, 2.24) is 0 Å². The lowest BCUT2D eigenvalue weighted by molar-refractivity contribution is -0.161. The molecule has 0 aliphatic carbocycles. The van der Waals surface area contributed by atoms with E-state index in [0.717, 1.165) is 115 Å². The van der Waals surface area contributed by atoms with E-state index in [1.165, 1.54) is 244 Å². The predicted octanol–water partition coefficient (Wildman–Crippen LogP) is 25.1. The summed E-state index contributed by atoms with van der Waals surface area (Å²) in [5, 5.41) is 10.6. The molecule has 0 rings (SSSR count). The average Bonchev–Trinajstić information content (AvgIpc) is 0.927. The molecule has 606 valence electrons. The van der Waals surface area contributed by atoms with E-state index >= 15 is 0 Å². The fraction of sp³-hybridized carbons (Fsp3) is 0.952. The monoisotopic (exact) mass is 1490 g/mol. The average molecular weight is 1490 g/mol. The van der Waals surface area contributed by atoms with Crippen LogP contribution in [0.2, 0.25) is 0 Å². The maximum atomic E-state index is 13.1. The molecule has 0 aromatic carbocycles. The first kappa shape index (κ1) is 100. The minimum Gasteiger partial charge on any atom is -0.462 e. The Kier molecular flexibility index (Phi) is 73.1. The van der Waals surface area contributed by atoms with E-state index < -0.39 is 97.5 Å². The highest BCUT2D eigenvalue weighted by atomic mass is 31.2. The molecule has 102 heavy (non-hydrogen) atoms. The van der Waals surface area contributed by atoms with Crippen molar-refractivity contribution in [3.8, 4) is 0 Å². The van der Waals surface area contributed by atoms with Crippen LogP contribution in [0.25, 0.3) is 0 Å². The molecule has 0 bridgehead atoms. The van der Waals surface area contributed by atoms with Gasteiger partial charge in [0.15, 0.2) is 12.2 Å². The number of carbonyl (C=O) groups is 4. The lowest BCUT2D eigenvalue weighted by atomic mass is 10.0. The molecule has 17 nitrogen and oxygen atoms in total. The summed E-state index contributed by atoms with van der Waals surface area (Å²) in [5.41, 5.74) is 0. The van der Waals surface area contributed by atoms with Gasteiger partial charge in [-0.05, 0) is 37.5 Å². The Morgan fingerprint density at radius 2 is 0.451 bits per heavy atom. The number of phosphoric acid groups is 2. The normalized spacial score (nSPS) is 13.9. The van der Waals surface area contributed by atoms with Gasteiger partial charge >= 0.3 is 39.5 Å². The molecular weight excluding hydrogens is 1330 g/mol. The zero-order valence-electron chi connectivity index (χ0n) is 66.9. The van der Waals surface area contributed by atoms with Crippen molar-refractivity contribution >= 4 is 39.5 Å². The Balaban J connectivity index is 5.17. The van der Waals surface area contributed by atoms with Crippen molar-refractivity contribution < 1.29 is 80.2 Å². The van der Waals surface area contributed by atoms with Gasteiger partial charge in [-0.15, -0.1) is 0 Å². The van der Waals surface area contributed by atoms with Gasteiger partial charge in [0.25, 0.3) is 0 Å². The summed E-state index contributed by atoms with van der Waals surface area (Å²) in [6.07, 6.45) is 65.5. The zero-order chi connectivity index (χ0) is 74.9. The number of phosphoric ester groups is 2. The SMILES string of the molecule is CCCCCCCCCCCCCCCCCCCCCC(=O)OC[C@H](COP(=O)(O)OC[C@@H](O)COP(=O)(O)OC[C@@H](COC(=O)CCCCCCCCC)OC(=O)CCCCCCCCCCCCCCC(C)C)OC(=O)CCCCCCCCCCCCCCCCCCCCC(C)C. The molecule has 0 spiro atoms. The van der Waals surface area contributed by atoms with E-state index in [1.807, 2.05) is 0 Å². The number of carbonyl (C=O) groups excluding carboxylic acids is 4. The predicted molar refractivity (Wildman–Crippen MR) is 418 cm³/mol. The van der Waals surface area contributed by atoms with Crippen LogP contribution in [-0.4, -0.2) is 96.7 Å². The molecule has 0 aliphatic heterocycles. The minimum atomic E-state index is -4.96. The van der Waals surface area contributed by atoms with Gasteiger partial charge < -0.3 is 33.8 Å². The third kappa shape index (κ3) is 76.3. The van der Waals surface area contributed by atoms with Crippen molar-refractivity contribution in [3.63, 3.8) is 0 Å². The first-order valence-corrected chi connectivity index (χ1v) is 46.0. The number of aliphatic hydroxyl groups excluding tert-OH is 1. The molecule has 0 aliphatic rings. The van der Waals surface area contributed by atoms with Crippen LogP contribution in [0, 0.1) is 11.8 Å². The van der Waals surface area contributed by atoms with E-state index in [0.29, 0.717) is 25.7 Å². The van der Waals surface area contributed by atoms with Crippen LogP contribution in [0.5, 0.6) is 0 Å².